The van der Waals surface area contributed by atoms with Crippen LogP contribution in [-0.4, -0.2) is 40.4 Å². The lowest BCUT2D eigenvalue weighted by atomic mass is 10.00. The third-order valence-electron chi connectivity index (χ3n) is 5.30. The number of aryl methyl sites for hydroxylation is 1. The topological polar surface area (TPSA) is 40.6 Å². The summed E-state index contributed by atoms with van der Waals surface area (Å²) in [5.41, 5.74) is 2.83. The summed E-state index contributed by atoms with van der Waals surface area (Å²) >= 11 is 5.13. The van der Waals surface area contributed by atoms with Gasteiger partial charge in [0.15, 0.2) is 0 Å². The Labute approximate surface area is 172 Å². The van der Waals surface area contributed by atoms with Crippen LogP contribution in [0.1, 0.15) is 28.8 Å². The van der Waals surface area contributed by atoms with Crippen molar-refractivity contribution in [2.24, 2.45) is 0 Å². The van der Waals surface area contributed by atoms with Crippen LogP contribution in [-0.2, 0) is 4.79 Å². The van der Waals surface area contributed by atoms with Gasteiger partial charge < -0.3 is 4.90 Å². The third-order valence-corrected chi connectivity index (χ3v) is 7.35. The second-order valence-electron chi connectivity index (χ2n) is 7.10. The number of anilines is 1. The van der Waals surface area contributed by atoms with Crippen LogP contribution in [0.5, 0.6) is 0 Å². The highest BCUT2D eigenvalue weighted by molar-refractivity contribution is 9.10. The summed E-state index contributed by atoms with van der Waals surface area (Å²) in [7, 11) is 0. The Bertz CT molecular complexity index is 876. The summed E-state index contributed by atoms with van der Waals surface area (Å²) in [6.45, 7) is 3.37. The van der Waals surface area contributed by atoms with Crippen LogP contribution < -0.4 is 4.90 Å². The maximum absolute atomic E-state index is 12.8. The van der Waals surface area contributed by atoms with Gasteiger partial charge in [-0.25, -0.2) is 0 Å². The minimum absolute atomic E-state index is 0.0637. The van der Waals surface area contributed by atoms with Crippen LogP contribution in [0.2, 0.25) is 0 Å². The number of hydrogen-bond donors (Lipinski definition) is 0. The monoisotopic (exact) mass is 444 g/mol. The Hall–Kier alpha value is -1.79. The molecule has 0 aromatic heterocycles. The lowest BCUT2D eigenvalue weighted by molar-refractivity contribution is -0.116. The molecule has 0 unspecified atom stereocenters. The summed E-state index contributed by atoms with van der Waals surface area (Å²) in [5.74, 6) is 0.737. The van der Waals surface area contributed by atoms with Gasteiger partial charge in [-0.05, 0) is 61.7 Å². The van der Waals surface area contributed by atoms with Gasteiger partial charge in [0.05, 0.1) is 10.6 Å². The lowest BCUT2D eigenvalue weighted by Crippen LogP contribution is -2.53. The maximum Gasteiger partial charge on any atom is 0.253 e. The molecule has 2 aliphatic heterocycles. The van der Waals surface area contributed by atoms with Crippen molar-refractivity contribution in [1.82, 2.24) is 4.90 Å². The van der Waals surface area contributed by atoms with Crippen LogP contribution in [0, 0.1) is 6.92 Å². The van der Waals surface area contributed by atoms with Crippen LogP contribution in [0.4, 0.5) is 5.69 Å². The van der Waals surface area contributed by atoms with Gasteiger partial charge in [-0.15, -0.1) is 11.8 Å². The van der Waals surface area contributed by atoms with Crippen molar-refractivity contribution >= 4 is 45.2 Å². The van der Waals surface area contributed by atoms with Crippen LogP contribution >= 0.6 is 27.7 Å². The molecule has 140 valence electrons. The van der Waals surface area contributed by atoms with Crippen molar-refractivity contribution in [3.05, 3.63) is 64.1 Å². The van der Waals surface area contributed by atoms with Gasteiger partial charge in [0.2, 0.25) is 5.91 Å². The molecule has 6 heteroatoms. The average molecular weight is 445 g/mol. The third kappa shape index (κ3) is 3.52. The summed E-state index contributed by atoms with van der Waals surface area (Å²) in [6.07, 6.45) is 1.58. The fourth-order valence-corrected chi connectivity index (χ4v) is 5.49. The van der Waals surface area contributed by atoms with Gasteiger partial charge in [-0.1, -0.05) is 28.1 Å². The molecule has 2 aliphatic rings. The number of rotatable bonds is 2. The maximum atomic E-state index is 12.8. The number of piperidine rings is 1. The van der Waals surface area contributed by atoms with E-state index < -0.39 is 0 Å². The van der Waals surface area contributed by atoms with Crippen molar-refractivity contribution in [3.8, 4) is 0 Å². The lowest BCUT2D eigenvalue weighted by Gasteiger charge is -2.44. The zero-order valence-electron chi connectivity index (χ0n) is 15.2. The molecule has 1 spiro atoms. The molecule has 0 bridgehead atoms. The largest absolute Gasteiger partial charge is 0.338 e. The summed E-state index contributed by atoms with van der Waals surface area (Å²) in [4.78, 5) is 29.1. The van der Waals surface area contributed by atoms with Crippen LogP contribution in [0.25, 0.3) is 0 Å². The molecule has 0 radical (unpaired) electrons. The van der Waals surface area contributed by atoms with Gasteiger partial charge in [0.25, 0.3) is 5.91 Å². The number of halogens is 1. The van der Waals surface area contributed by atoms with Crippen LogP contribution in [0.3, 0.4) is 0 Å². The van der Waals surface area contributed by atoms with Gasteiger partial charge in [-0.2, -0.15) is 0 Å². The Morgan fingerprint density at radius 2 is 1.81 bits per heavy atom. The zero-order chi connectivity index (χ0) is 19.0. The first-order valence-electron chi connectivity index (χ1n) is 9.07. The normalized spacial score (nSPS) is 19.0. The van der Waals surface area contributed by atoms with Crippen molar-refractivity contribution in [3.63, 3.8) is 0 Å². The van der Waals surface area contributed by atoms with E-state index in [1.807, 2.05) is 59.2 Å². The summed E-state index contributed by atoms with van der Waals surface area (Å²) in [6, 6.07) is 15.6. The number of benzene rings is 2. The van der Waals surface area contributed by atoms with Gasteiger partial charge in [-0.3, -0.25) is 14.5 Å². The average Bonchev–Trinajstić information content (AvgIpc) is 2.98. The summed E-state index contributed by atoms with van der Waals surface area (Å²) in [5, 5.41) is 0. The van der Waals surface area contributed by atoms with Crippen LogP contribution in [0.15, 0.2) is 53.0 Å². The first-order chi connectivity index (χ1) is 13.0. The van der Waals surface area contributed by atoms with E-state index in [2.05, 4.69) is 22.0 Å². The van der Waals surface area contributed by atoms with E-state index in [0.717, 1.165) is 28.6 Å². The number of carbonyl (C=O) groups excluding carboxylic acids is 2. The quantitative estimate of drug-likeness (QED) is 0.685. The van der Waals surface area contributed by atoms with E-state index in [9.17, 15) is 9.59 Å². The second-order valence-corrected chi connectivity index (χ2v) is 9.36. The van der Waals surface area contributed by atoms with Gasteiger partial charge >= 0.3 is 0 Å². The molecule has 0 saturated carbocycles. The second kappa shape index (κ2) is 7.32. The summed E-state index contributed by atoms with van der Waals surface area (Å²) < 4.78 is 0.964. The van der Waals surface area contributed by atoms with Crippen molar-refractivity contribution < 1.29 is 9.59 Å². The molecular weight excluding hydrogens is 424 g/mol. The van der Waals surface area contributed by atoms with E-state index in [1.54, 1.807) is 11.8 Å². The molecule has 27 heavy (non-hydrogen) atoms. The van der Waals surface area contributed by atoms with Crippen molar-refractivity contribution in [1.29, 1.82) is 0 Å². The molecule has 2 aromatic rings. The predicted molar refractivity (Wildman–Crippen MR) is 113 cm³/mol. The smallest absolute Gasteiger partial charge is 0.253 e. The Morgan fingerprint density at radius 1 is 1.11 bits per heavy atom. The minimum Gasteiger partial charge on any atom is -0.338 e. The van der Waals surface area contributed by atoms with Gasteiger partial charge in [0, 0.05) is 28.8 Å². The molecule has 4 nitrogen and oxygen atoms in total. The Kier molecular flexibility index (Phi) is 5.03. The molecule has 2 amide bonds. The van der Waals surface area contributed by atoms with Crippen molar-refractivity contribution in [2.45, 2.75) is 24.6 Å². The molecule has 0 N–H and O–H groups in total. The van der Waals surface area contributed by atoms with E-state index in [0.29, 0.717) is 24.4 Å². The molecule has 2 heterocycles. The molecule has 0 aliphatic carbocycles. The highest BCUT2D eigenvalue weighted by Crippen LogP contribution is 2.47. The van der Waals surface area contributed by atoms with E-state index in [1.165, 1.54) is 0 Å². The molecule has 0 atom stereocenters. The Morgan fingerprint density at radius 3 is 2.48 bits per heavy atom. The highest BCUT2D eigenvalue weighted by Gasteiger charge is 2.49. The molecule has 2 fully saturated rings. The number of carbonyl (C=O) groups is 2. The van der Waals surface area contributed by atoms with Crippen molar-refractivity contribution in [2.75, 3.05) is 23.7 Å². The fraction of sp³-hybridized carbons (Fsp3) is 0.333. The standard InChI is InChI=1S/C21H21BrN2O2S/c1-15-3-2-4-18(13-15)24-19(25)14-27-21(24)9-11-23(12-10-21)20(26)16-5-7-17(22)8-6-16/h2-8,13H,9-12,14H2,1H3. The zero-order valence-corrected chi connectivity index (χ0v) is 17.6. The number of thioether (sulfide) groups is 1. The fourth-order valence-electron chi connectivity index (χ4n) is 3.90. The number of hydrogen-bond acceptors (Lipinski definition) is 3. The first-order valence-corrected chi connectivity index (χ1v) is 10.8. The van der Waals surface area contributed by atoms with Gasteiger partial charge in [0.1, 0.15) is 0 Å². The van der Waals surface area contributed by atoms with E-state index >= 15 is 0 Å². The number of amides is 2. The number of likely N-dealkylation sites (tertiary alicyclic amines) is 1. The molecule has 2 saturated heterocycles. The first kappa shape index (κ1) is 18.6. The minimum atomic E-state index is -0.235. The molecule has 2 aromatic carbocycles. The van der Waals surface area contributed by atoms with E-state index in [4.69, 9.17) is 0 Å². The SMILES string of the molecule is Cc1cccc(N2C(=O)CSC23CCN(C(=O)c2ccc(Br)cc2)CC3)c1. The highest BCUT2D eigenvalue weighted by atomic mass is 79.9. The molecular formula is C21H21BrN2O2S. The number of nitrogens with zero attached hydrogens (tertiary/aromatic N) is 2. The van der Waals surface area contributed by atoms with E-state index in [-0.39, 0.29) is 16.7 Å². The Balaban J connectivity index is 1.52. The molecule has 4 rings (SSSR count). The predicted octanol–water partition coefficient (Wildman–Crippen LogP) is 4.47.